The first-order valence-corrected chi connectivity index (χ1v) is 7.66. The third-order valence-electron chi connectivity index (χ3n) is 2.79. The quantitative estimate of drug-likeness (QED) is 0.786. The zero-order valence-electron chi connectivity index (χ0n) is 10.8. The summed E-state index contributed by atoms with van der Waals surface area (Å²) < 4.78 is 28.5. The van der Waals surface area contributed by atoms with Crippen molar-refractivity contribution in [3.8, 4) is 0 Å². The van der Waals surface area contributed by atoms with E-state index in [2.05, 4.69) is 9.82 Å². The number of benzene rings is 1. The minimum atomic E-state index is -3.62. The van der Waals surface area contributed by atoms with Crippen LogP contribution in [0.15, 0.2) is 41.4 Å². The SMILES string of the molecule is Cn1nccc1CNS(=O)(=O)c1cccc(C(N)=S)c1. The van der Waals surface area contributed by atoms with Crippen LogP contribution in [0.1, 0.15) is 11.3 Å². The van der Waals surface area contributed by atoms with Gasteiger partial charge in [-0.05, 0) is 18.2 Å². The van der Waals surface area contributed by atoms with Crippen molar-refractivity contribution in [2.75, 3.05) is 0 Å². The van der Waals surface area contributed by atoms with Crippen molar-refractivity contribution >= 4 is 27.2 Å². The molecule has 0 aliphatic carbocycles. The number of rotatable bonds is 5. The molecule has 0 amide bonds. The fourth-order valence-electron chi connectivity index (χ4n) is 1.64. The molecule has 1 aromatic carbocycles. The number of nitrogens with two attached hydrogens (primary N) is 1. The Labute approximate surface area is 122 Å². The molecule has 0 fully saturated rings. The lowest BCUT2D eigenvalue weighted by molar-refractivity contribution is 0.577. The van der Waals surface area contributed by atoms with Gasteiger partial charge in [0.15, 0.2) is 0 Å². The van der Waals surface area contributed by atoms with E-state index in [4.69, 9.17) is 18.0 Å². The van der Waals surface area contributed by atoms with E-state index < -0.39 is 10.0 Å². The van der Waals surface area contributed by atoms with Gasteiger partial charge in [0.2, 0.25) is 10.0 Å². The van der Waals surface area contributed by atoms with E-state index in [0.717, 1.165) is 5.69 Å². The molecule has 6 nitrogen and oxygen atoms in total. The summed E-state index contributed by atoms with van der Waals surface area (Å²) in [5, 5.41) is 3.98. The number of sulfonamides is 1. The van der Waals surface area contributed by atoms with Gasteiger partial charge < -0.3 is 5.73 Å². The molecule has 0 saturated carbocycles. The minimum Gasteiger partial charge on any atom is -0.389 e. The van der Waals surface area contributed by atoms with Gasteiger partial charge in [0.25, 0.3) is 0 Å². The molecule has 2 aromatic rings. The lowest BCUT2D eigenvalue weighted by Crippen LogP contribution is -2.24. The van der Waals surface area contributed by atoms with Crippen LogP contribution in [0.3, 0.4) is 0 Å². The minimum absolute atomic E-state index is 0.130. The van der Waals surface area contributed by atoms with Crippen molar-refractivity contribution in [1.29, 1.82) is 0 Å². The molecular formula is C12H14N4O2S2. The highest BCUT2D eigenvalue weighted by molar-refractivity contribution is 7.89. The second-order valence-corrected chi connectivity index (χ2v) is 6.37. The molecule has 0 unspecified atom stereocenters. The summed E-state index contributed by atoms with van der Waals surface area (Å²) in [5.41, 5.74) is 6.78. The second-order valence-electron chi connectivity index (χ2n) is 4.16. The standard InChI is InChI=1S/C12H14N4O2S2/c1-16-10(5-6-14-16)8-15-20(17,18)11-4-2-3-9(7-11)12(13)19/h2-7,15H,8H2,1H3,(H2,13,19). The largest absolute Gasteiger partial charge is 0.389 e. The van der Waals surface area contributed by atoms with Crippen LogP contribution in [0.4, 0.5) is 0 Å². The van der Waals surface area contributed by atoms with Gasteiger partial charge in [-0.25, -0.2) is 13.1 Å². The predicted molar refractivity (Wildman–Crippen MR) is 79.6 cm³/mol. The Kier molecular flexibility index (Phi) is 4.17. The molecule has 0 atom stereocenters. The Morgan fingerprint density at radius 2 is 2.20 bits per heavy atom. The first-order chi connectivity index (χ1) is 9.40. The number of nitrogens with zero attached hydrogens (tertiary/aromatic N) is 2. The van der Waals surface area contributed by atoms with E-state index >= 15 is 0 Å². The molecule has 3 N–H and O–H groups in total. The highest BCUT2D eigenvalue weighted by Gasteiger charge is 2.15. The van der Waals surface area contributed by atoms with Gasteiger partial charge in [0, 0.05) is 18.8 Å². The van der Waals surface area contributed by atoms with Gasteiger partial charge in [-0.15, -0.1) is 0 Å². The van der Waals surface area contributed by atoms with Crippen molar-refractivity contribution in [2.45, 2.75) is 11.4 Å². The highest BCUT2D eigenvalue weighted by Crippen LogP contribution is 2.12. The molecule has 106 valence electrons. The van der Waals surface area contributed by atoms with Crippen molar-refractivity contribution in [3.05, 3.63) is 47.8 Å². The summed E-state index contributed by atoms with van der Waals surface area (Å²) in [6.07, 6.45) is 1.61. The third kappa shape index (κ3) is 3.21. The molecule has 20 heavy (non-hydrogen) atoms. The van der Waals surface area contributed by atoms with Crippen LogP contribution in [-0.4, -0.2) is 23.2 Å². The number of hydrogen-bond donors (Lipinski definition) is 2. The average molecular weight is 310 g/mol. The second kappa shape index (κ2) is 5.70. The smallest absolute Gasteiger partial charge is 0.240 e. The lowest BCUT2D eigenvalue weighted by Gasteiger charge is -2.08. The average Bonchev–Trinajstić information content (AvgIpc) is 2.82. The molecule has 8 heteroatoms. The Morgan fingerprint density at radius 1 is 1.45 bits per heavy atom. The van der Waals surface area contributed by atoms with Crippen LogP contribution in [-0.2, 0) is 23.6 Å². The molecule has 0 spiro atoms. The van der Waals surface area contributed by atoms with Gasteiger partial charge in [-0.1, -0.05) is 24.4 Å². The molecular weight excluding hydrogens is 296 g/mol. The molecule has 0 aliphatic heterocycles. The molecule has 2 rings (SSSR count). The Balaban J connectivity index is 2.20. The third-order valence-corrected chi connectivity index (χ3v) is 4.43. The van der Waals surface area contributed by atoms with E-state index in [9.17, 15) is 8.42 Å². The summed E-state index contributed by atoms with van der Waals surface area (Å²) in [7, 11) is -1.87. The molecule has 1 heterocycles. The van der Waals surface area contributed by atoms with Crippen LogP contribution >= 0.6 is 12.2 Å². The van der Waals surface area contributed by atoms with Crippen molar-refractivity contribution in [3.63, 3.8) is 0 Å². The fourth-order valence-corrected chi connectivity index (χ4v) is 2.81. The number of aromatic nitrogens is 2. The summed E-state index contributed by atoms with van der Waals surface area (Å²) >= 11 is 4.84. The number of hydrogen-bond acceptors (Lipinski definition) is 4. The van der Waals surface area contributed by atoms with E-state index in [-0.39, 0.29) is 16.4 Å². The maximum atomic E-state index is 12.2. The number of thiocarbonyl (C=S) groups is 1. The van der Waals surface area contributed by atoms with Crippen molar-refractivity contribution in [1.82, 2.24) is 14.5 Å². The van der Waals surface area contributed by atoms with Crippen LogP contribution in [0, 0.1) is 0 Å². The number of nitrogens with one attached hydrogen (secondary N) is 1. The van der Waals surface area contributed by atoms with Gasteiger partial charge in [0.1, 0.15) is 4.99 Å². The molecule has 0 radical (unpaired) electrons. The summed E-state index contributed by atoms with van der Waals surface area (Å²) in [4.78, 5) is 0.290. The molecule has 1 aromatic heterocycles. The Morgan fingerprint density at radius 3 is 2.80 bits per heavy atom. The summed E-state index contributed by atoms with van der Waals surface area (Å²) in [6, 6.07) is 7.96. The van der Waals surface area contributed by atoms with Gasteiger partial charge in [-0.3, -0.25) is 4.68 Å². The zero-order chi connectivity index (χ0) is 14.8. The molecule has 0 aliphatic rings. The van der Waals surface area contributed by atoms with E-state index in [1.54, 1.807) is 36.1 Å². The molecule has 0 bridgehead atoms. The van der Waals surface area contributed by atoms with E-state index in [1.807, 2.05) is 0 Å². The zero-order valence-corrected chi connectivity index (χ0v) is 12.4. The Bertz CT molecular complexity index is 737. The Hall–Kier alpha value is -1.77. The maximum Gasteiger partial charge on any atom is 0.240 e. The van der Waals surface area contributed by atoms with Crippen molar-refractivity contribution in [2.24, 2.45) is 12.8 Å². The van der Waals surface area contributed by atoms with Crippen LogP contribution in [0.25, 0.3) is 0 Å². The predicted octanol–water partition coefficient (Wildman–Crippen LogP) is 0.533. The first kappa shape index (κ1) is 14.6. The normalized spacial score (nSPS) is 11.4. The number of aryl methyl sites for hydroxylation is 1. The monoisotopic (exact) mass is 310 g/mol. The summed E-state index contributed by atoms with van der Waals surface area (Å²) in [5.74, 6) is 0. The fraction of sp³-hybridized carbons (Fsp3) is 0.167. The van der Waals surface area contributed by atoms with Gasteiger partial charge >= 0.3 is 0 Å². The first-order valence-electron chi connectivity index (χ1n) is 5.76. The van der Waals surface area contributed by atoms with Gasteiger partial charge in [-0.2, -0.15) is 5.10 Å². The summed E-state index contributed by atoms with van der Waals surface area (Å²) in [6.45, 7) is 0.163. The lowest BCUT2D eigenvalue weighted by atomic mass is 10.2. The van der Waals surface area contributed by atoms with Crippen LogP contribution in [0.2, 0.25) is 0 Å². The maximum absolute atomic E-state index is 12.2. The van der Waals surface area contributed by atoms with Crippen LogP contribution < -0.4 is 10.5 Å². The van der Waals surface area contributed by atoms with E-state index in [0.29, 0.717) is 5.56 Å². The van der Waals surface area contributed by atoms with Crippen LogP contribution in [0.5, 0.6) is 0 Å². The highest BCUT2D eigenvalue weighted by atomic mass is 32.2. The van der Waals surface area contributed by atoms with E-state index in [1.165, 1.54) is 12.1 Å². The topological polar surface area (TPSA) is 90.0 Å². The molecule has 0 saturated heterocycles. The van der Waals surface area contributed by atoms with Crippen molar-refractivity contribution < 1.29 is 8.42 Å². The van der Waals surface area contributed by atoms with Gasteiger partial charge in [0.05, 0.1) is 17.1 Å².